The SMILES string of the molecule is CCC(CC)C[C@@H](C)c1cc(C(=O)O)ccc1-c1ccc(OC(C)=O)cc1. The monoisotopic (exact) mass is 368 g/mol. The smallest absolute Gasteiger partial charge is 0.335 e. The molecular weight excluding hydrogens is 340 g/mol. The topological polar surface area (TPSA) is 63.6 Å². The molecule has 0 bridgehead atoms. The van der Waals surface area contributed by atoms with E-state index in [2.05, 4.69) is 20.8 Å². The Hall–Kier alpha value is -2.62. The van der Waals surface area contributed by atoms with Gasteiger partial charge in [0.2, 0.25) is 0 Å². The molecule has 0 aliphatic carbocycles. The first-order chi connectivity index (χ1) is 12.8. The third kappa shape index (κ3) is 5.43. The second-order valence-electron chi connectivity index (χ2n) is 7.04. The molecule has 2 aromatic carbocycles. The molecule has 0 aromatic heterocycles. The van der Waals surface area contributed by atoms with E-state index in [4.69, 9.17) is 4.74 Å². The number of hydrogen-bond donors (Lipinski definition) is 1. The molecule has 0 radical (unpaired) electrons. The number of aromatic carboxylic acids is 1. The Morgan fingerprint density at radius 2 is 1.67 bits per heavy atom. The van der Waals surface area contributed by atoms with E-state index in [0.29, 0.717) is 17.2 Å². The van der Waals surface area contributed by atoms with E-state index >= 15 is 0 Å². The van der Waals surface area contributed by atoms with Crippen molar-refractivity contribution in [2.75, 3.05) is 0 Å². The van der Waals surface area contributed by atoms with Gasteiger partial charge in [0.05, 0.1) is 5.56 Å². The van der Waals surface area contributed by atoms with Crippen molar-refractivity contribution in [2.45, 2.75) is 52.9 Å². The van der Waals surface area contributed by atoms with Gasteiger partial charge in [-0.05, 0) is 59.2 Å². The van der Waals surface area contributed by atoms with E-state index in [9.17, 15) is 14.7 Å². The molecule has 1 N–H and O–H groups in total. The lowest BCUT2D eigenvalue weighted by Gasteiger charge is -2.22. The molecular formula is C23H28O4. The fraction of sp³-hybridized carbons (Fsp3) is 0.391. The molecule has 144 valence electrons. The van der Waals surface area contributed by atoms with Crippen molar-refractivity contribution in [3.63, 3.8) is 0 Å². The van der Waals surface area contributed by atoms with Crippen molar-refractivity contribution in [1.82, 2.24) is 0 Å². The normalized spacial score (nSPS) is 12.0. The van der Waals surface area contributed by atoms with Gasteiger partial charge in [-0.2, -0.15) is 0 Å². The van der Waals surface area contributed by atoms with Crippen LogP contribution in [0.4, 0.5) is 0 Å². The van der Waals surface area contributed by atoms with Gasteiger partial charge < -0.3 is 9.84 Å². The zero-order chi connectivity index (χ0) is 20.0. The summed E-state index contributed by atoms with van der Waals surface area (Å²) < 4.78 is 5.10. The summed E-state index contributed by atoms with van der Waals surface area (Å²) in [5.41, 5.74) is 3.35. The zero-order valence-corrected chi connectivity index (χ0v) is 16.5. The van der Waals surface area contributed by atoms with Gasteiger partial charge in [0.25, 0.3) is 0 Å². The lowest BCUT2D eigenvalue weighted by Crippen LogP contribution is -2.07. The quantitative estimate of drug-likeness (QED) is 0.465. The van der Waals surface area contributed by atoms with Crippen LogP contribution in [0.5, 0.6) is 5.75 Å². The van der Waals surface area contributed by atoms with Crippen molar-refractivity contribution in [1.29, 1.82) is 0 Å². The van der Waals surface area contributed by atoms with E-state index < -0.39 is 5.97 Å². The summed E-state index contributed by atoms with van der Waals surface area (Å²) in [4.78, 5) is 22.6. The van der Waals surface area contributed by atoms with Crippen LogP contribution in [0.3, 0.4) is 0 Å². The molecule has 4 heteroatoms. The first-order valence-electron chi connectivity index (χ1n) is 9.51. The lowest BCUT2D eigenvalue weighted by molar-refractivity contribution is -0.131. The van der Waals surface area contributed by atoms with Crippen molar-refractivity contribution < 1.29 is 19.4 Å². The van der Waals surface area contributed by atoms with Crippen LogP contribution in [-0.4, -0.2) is 17.0 Å². The second kappa shape index (κ2) is 9.36. The number of carbonyl (C=O) groups is 2. The molecule has 0 aliphatic heterocycles. The predicted octanol–water partition coefficient (Wildman–Crippen LogP) is 5.91. The van der Waals surface area contributed by atoms with Gasteiger partial charge in [0.15, 0.2) is 0 Å². The van der Waals surface area contributed by atoms with Crippen molar-refractivity contribution in [3.8, 4) is 16.9 Å². The summed E-state index contributed by atoms with van der Waals surface area (Å²) in [6, 6.07) is 12.6. The second-order valence-corrected chi connectivity index (χ2v) is 7.04. The van der Waals surface area contributed by atoms with Gasteiger partial charge in [-0.3, -0.25) is 4.79 Å². The Balaban J connectivity index is 2.42. The van der Waals surface area contributed by atoms with Crippen molar-refractivity contribution >= 4 is 11.9 Å². The standard InChI is InChI=1S/C23H28O4/c1-5-17(6-2)13-15(3)22-14-19(23(25)26)9-12-21(22)18-7-10-20(11-8-18)27-16(4)24/h7-12,14-15,17H,5-6,13H2,1-4H3,(H,25,26)/t15-/m1/s1. The highest BCUT2D eigenvalue weighted by Crippen LogP contribution is 2.35. The molecule has 0 saturated heterocycles. The fourth-order valence-corrected chi connectivity index (χ4v) is 3.48. The maximum absolute atomic E-state index is 11.5. The maximum Gasteiger partial charge on any atom is 0.335 e. The zero-order valence-electron chi connectivity index (χ0n) is 16.5. The Morgan fingerprint density at radius 1 is 1.04 bits per heavy atom. The van der Waals surface area contributed by atoms with Crippen molar-refractivity contribution in [3.05, 3.63) is 53.6 Å². The average molecular weight is 368 g/mol. The molecule has 27 heavy (non-hydrogen) atoms. The number of carbonyl (C=O) groups excluding carboxylic acids is 1. The average Bonchev–Trinajstić information content (AvgIpc) is 2.65. The number of hydrogen-bond acceptors (Lipinski definition) is 3. The molecule has 0 unspecified atom stereocenters. The van der Waals surface area contributed by atoms with E-state index in [1.54, 1.807) is 24.3 Å². The molecule has 0 aliphatic rings. The van der Waals surface area contributed by atoms with Crippen LogP contribution in [0.25, 0.3) is 11.1 Å². The minimum absolute atomic E-state index is 0.248. The number of ether oxygens (including phenoxy) is 1. The lowest BCUT2D eigenvalue weighted by atomic mass is 9.83. The minimum atomic E-state index is -0.914. The highest BCUT2D eigenvalue weighted by Gasteiger charge is 2.18. The summed E-state index contributed by atoms with van der Waals surface area (Å²) in [6.07, 6.45) is 3.26. The number of carboxylic acid groups (broad SMARTS) is 1. The fourth-order valence-electron chi connectivity index (χ4n) is 3.48. The van der Waals surface area contributed by atoms with Crippen LogP contribution >= 0.6 is 0 Å². The van der Waals surface area contributed by atoms with E-state index in [-0.39, 0.29) is 11.9 Å². The van der Waals surface area contributed by atoms with Crippen LogP contribution in [0.15, 0.2) is 42.5 Å². The Labute approximate surface area is 161 Å². The molecule has 0 spiro atoms. The van der Waals surface area contributed by atoms with Crippen LogP contribution in [0.2, 0.25) is 0 Å². The Bertz CT molecular complexity index is 789. The molecule has 2 aromatic rings. The van der Waals surface area contributed by atoms with E-state index in [1.165, 1.54) is 6.92 Å². The van der Waals surface area contributed by atoms with Gasteiger partial charge in [0, 0.05) is 6.92 Å². The first kappa shape index (κ1) is 20.7. The largest absolute Gasteiger partial charge is 0.478 e. The van der Waals surface area contributed by atoms with Gasteiger partial charge in [-0.25, -0.2) is 4.79 Å². The van der Waals surface area contributed by atoms with Gasteiger partial charge in [-0.1, -0.05) is 51.8 Å². The number of rotatable bonds is 8. The summed E-state index contributed by atoms with van der Waals surface area (Å²) in [6.45, 7) is 7.93. The summed E-state index contributed by atoms with van der Waals surface area (Å²) >= 11 is 0. The van der Waals surface area contributed by atoms with E-state index in [0.717, 1.165) is 36.0 Å². The summed E-state index contributed by atoms with van der Waals surface area (Å²) in [7, 11) is 0. The highest BCUT2D eigenvalue weighted by molar-refractivity contribution is 5.89. The Kier molecular flexibility index (Phi) is 7.17. The van der Waals surface area contributed by atoms with Gasteiger partial charge in [-0.15, -0.1) is 0 Å². The predicted molar refractivity (Wildman–Crippen MR) is 107 cm³/mol. The molecule has 1 atom stereocenters. The number of esters is 1. The summed E-state index contributed by atoms with van der Waals surface area (Å²) in [5, 5.41) is 9.40. The third-order valence-electron chi connectivity index (χ3n) is 5.10. The van der Waals surface area contributed by atoms with Crippen LogP contribution < -0.4 is 4.74 Å². The van der Waals surface area contributed by atoms with Gasteiger partial charge >= 0.3 is 11.9 Å². The van der Waals surface area contributed by atoms with E-state index in [1.807, 2.05) is 18.2 Å². The van der Waals surface area contributed by atoms with Crippen LogP contribution in [-0.2, 0) is 4.79 Å². The molecule has 4 nitrogen and oxygen atoms in total. The molecule has 0 saturated carbocycles. The number of carboxylic acids is 1. The summed E-state index contributed by atoms with van der Waals surface area (Å²) in [5.74, 6) is 0.0980. The minimum Gasteiger partial charge on any atom is -0.478 e. The van der Waals surface area contributed by atoms with Crippen LogP contribution in [0, 0.1) is 5.92 Å². The molecule has 0 fully saturated rings. The molecule has 2 rings (SSSR count). The first-order valence-corrected chi connectivity index (χ1v) is 9.51. The Morgan fingerprint density at radius 3 is 2.19 bits per heavy atom. The number of benzene rings is 2. The van der Waals surface area contributed by atoms with Gasteiger partial charge in [0.1, 0.15) is 5.75 Å². The maximum atomic E-state index is 11.5. The van der Waals surface area contributed by atoms with Crippen molar-refractivity contribution in [2.24, 2.45) is 5.92 Å². The van der Waals surface area contributed by atoms with Crippen LogP contribution in [0.1, 0.15) is 68.8 Å². The third-order valence-corrected chi connectivity index (χ3v) is 5.10. The highest BCUT2D eigenvalue weighted by atomic mass is 16.5. The molecule has 0 heterocycles. The molecule has 0 amide bonds.